The first-order chi connectivity index (χ1) is 14.4. The second kappa shape index (κ2) is 8.26. The van der Waals surface area contributed by atoms with E-state index in [0.717, 1.165) is 42.0 Å². The van der Waals surface area contributed by atoms with E-state index in [4.69, 9.17) is 4.74 Å². The van der Waals surface area contributed by atoms with Gasteiger partial charge in [0, 0.05) is 12.6 Å². The number of urea groups is 1. The number of benzene rings is 1. The molecule has 1 aromatic rings. The number of hydrogen-bond donors (Lipinski definition) is 2. The standard InChI is InChI=1S/C22H30N4O4/c1-15-9-11-22(12-10-15)20(28)26(21(29)23-22)24-19(27)14-25(17-5-6-17)13-16-3-7-18(30-2)8-4-16/h3-4,7-8,15,17H,5-6,9-14H2,1-2H3,(H,23,29)(H,24,27). The van der Waals surface area contributed by atoms with E-state index in [9.17, 15) is 14.4 Å². The van der Waals surface area contributed by atoms with Gasteiger partial charge in [-0.2, -0.15) is 5.01 Å². The third-order valence-corrected chi connectivity index (χ3v) is 6.48. The molecule has 0 radical (unpaired) electrons. The van der Waals surface area contributed by atoms with Crippen molar-refractivity contribution in [2.24, 2.45) is 5.92 Å². The molecule has 3 aliphatic rings. The predicted molar refractivity (Wildman–Crippen MR) is 110 cm³/mol. The van der Waals surface area contributed by atoms with E-state index < -0.39 is 11.6 Å². The lowest BCUT2D eigenvalue weighted by atomic mass is 9.77. The van der Waals surface area contributed by atoms with Crippen LogP contribution < -0.4 is 15.5 Å². The molecule has 4 amide bonds. The van der Waals surface area contributed by atoms with Crippen molar-refractivity contribution < 1.29 is 19.1 Å². The number of imide groups is 1. The summed E-state index contributed by atoms with van der Waals surface area (Å²) >= 11 is 0. The second-order valence-electron chi connectivity index (χ2n) is 8.85. The van der Waals surface area contributed by atoms with E-state index in [1.807, 2.05) is 24.3 Å². The number of rotatable bonds is 7. The summed E-state index contributed by atoms with van der Waals surface area (Å²) in [7, 11) is 1.63. The van der Waals surface area contributed by atoms with Gasteiger partial charge in [-0.25, -0.2) is 4.79 Å². The maximum absolute atomic E-state index is 12.9. The number of nitrogens with one attached hydrogen (secondary N) is 2. The van der Waals surface area contributed by atoms with Crippen molar-refractivity contribution >= 4 is 17.8 Å². The molecule has 0 aromatic heterocycles. The van der Waals surface area contributed by atoms with Crippen LogP contribution in [0.3, 0.4) is 0 Å². The molecule has 2 aliphatic carbocycles. The Morgan fingerprint density at radius 3 is 2.47 bits per heavy atom. The number of nitrogens with zero attached hydrogens (tertiary/aromatic N) is 2. The van der Waals surface area contributed by atoms with E-state index in [0.29, 0.717) is 31.3 Å². The maximum Gasteiger partial charge on any atom is 0.344 e. The van der Waals surface area contributed by atoms with Crippen LogP contribution in [0, 0.1) is 5.92 Å². The molecule has 1 aliphatic heterocycles. The minimum absolute atomic E-state index is 0.137. The Morgan fingerprint density at radius 1 is 1.20 bits per heavy atom. The smallest absolute Gasteiger partial charge is 0.344 e. The zero-order valence-corrected chi connectivity index (χ0v) is 17.6. The van der Waals surface area contributed by atoms with Crippen molar-refractivity contribution in [1.82, 2.24) is 20.7 Å². The number of hydrogen-bond acceptors (Lipinski definition) is 5. The van der Waals surface area contributed by atoms with Gasteiger partial charge < -0.3 is 10.1 Å². The first-order valence-corrected chi connectivity index (χ1v) is 10.7. The Labute approximate surface area is 176 Å². The molecule has 2 N–H and O–H groups in total. The molecule has 1 aromatic carbocycles. The summed E-state index contributed by atoms with van der Waals surface area (Å²) in [6.45, 7) is 2.92. The fraction of sp³-hybridized carbons (Fsp3) is 0.591. The third-order valence-electron chi connectivity index (χ3n) is 6.48. The molecule has 0 atom stereocenters. The lowest BCUT2D eigenvalue weighted by molar-refractivity contribution is -0.140. The lowest BCUT2D eigenvalue weighted by Gasteiger charge is -2.33. The first kappa shape index (κ1) is 20.7. The van der Waals surface area contributed by atoms with Crippen molar-refractivity contribution in [2.75, 3.05) is 13.7 Å². The minimum atomic E-state index is -0.851. The molecule has 3 fully saturated rings. The molecule has 1 spiro atoms. The average molecular weight is 415 g/mol. The molecule has 1 saturated heterocycles. The average Bonchev–Trinajstić information content (AvgIpc) is 3.55. The Kier molecular flexibility index (Phi) is 5.69. The highest BCUT2D eigenvalue weighted by atomic mass is 16.5. The van der Waals surface area contributed by atoms with Crippen LogP contribution in [-0.2, 0) is 16.1 Å². The molecule has 0 bridgehead atoms. The second-order valence-corrected chi connectivity index (χ2v) is 8.85. The van der Waals surface area contributed by atoms with Crippen LogP contribution in [0.4, 0.5) is 4.79 Å². The zero-order valence-electron chi connectivity index (χ0n) is 17.6. The van der Waals surface area contributed by atoms with Crippen LogP contribution in [0.15, 0.2) is 24.3 Å². The molecule has 0 unspecified atom stereocenters. The van der Waals surface area contributed by atoms with E-state index >= 15 is 0 Å². The van der Waals surface area contributed by atoms with Crippen LogP contribution in [0.5, 0.6) is 5.75 Å². The summed E-state index contributed by atoms with van der Waals surface area (Å²) in [6.07, 6.45) is 5.13. The zero-order chi connectivity index (χ0) is 21.3. The number of carbonyl (C=O) groups excluding carboxylic acids is 3. The van der Waals surface area contributed by atoms with Gasteiger partial charge in [-0.05, 0) is 62.1 Å². The molecule has 162 valence electrons. The SMILES string of the molecule is COc1ccc(CN(CC(=O)NN2C(=O)NC3(CCC(C)CC3)C2=O)C2CC2)cc1. The topological polar surface area (TPSA) is 91.0 Å². The Hall–Kier alpha value is -2.61. The first-order valence-electron chi connectivity index (χ1n) is 10.7. The molecule has 4 rings (SSSR count). The number of methoxy groups -OCH3 is 1. The number of carbonyl (C=O) groups is 3. The van der Waals surface area contributed by atoms with Crippen molar-refractivity contribution in [3.8, 4) is 5.75 Å². The van der Waals surface area contributed by atoms with Crippen LogP contribution in [0.2, 0.25) is 0 Å². The minimum Gasteiger partial charge on any atom is -0.497 e. The van der Waals surface area contributed by atoms with Gasteiger partial charge in [0.25, 0.3) is 11.8 Å². The molecule has 8 nitrogen and oxygen atoms in total. The summed E-state index contributed by atoms with van der Waals surface area (Å²) in [4.78, 5) is 40.1. The van der Waals surface area contributed by atoms with Gasteiger partial charge in [-0.3, -0.25) is 19.9 Å². The quantitative estimate of drug-likeness (QED) is 0.668. The molecule has 2 saturated carbocycles. The van der Waals surface area contributed by atoms with E-state index in [2.05, 4.69) is 22.6 Å². The van der Waals surface area contributed by atoms with Crippen LogP contribution in [-0.4, -0.2) is 53.0 Å². The number of ether oxygens (including phenoxy) is 1. The summed E-state index contributed by atoms with van der Waals surface area (Å²) in [6, 6.07) is 7.59. The summed E-state index contributed by atoms with van der Waals surface area (Å²) in [5.74, 6) is 0.661. The van der Waals surface area contributed by atoms with Crippen LogP contribution in [0.25, 0.3) is 0 Å². The molecule has 8 heteroatoms. The summed E-state index contributed by atoms with van der Waals surface area (Å²) in [5.41, 5.74) is 2.78. The molecule has 1 heterocycles. The van der Waals surface area contributed by atoms with Crippen molar-refractivity contribution in [3.63, 3.8) is 0 Å². The Morgan fingerprint density at radius 2 is 1.87 bits per heavy atom. The van der Waals surface area contributed by atoms with Crippen LogP contribution in [0.1, 0.15) is 51.0 Å². The largest absolute Gasteiger partial charge is 0.497 e. The highest BCUT2D eigenvalue weighted by Gasteiger charge is 2.53. The van der Waals surface area contributed by atoms with Gasteiger partial charge in [0.05, 0.1) is 13.7 Å². The van der Waals surface area contributed by atoms with Gasteiger partial charge in [-0.1, -0.05) is 19.1 Å². The predicted octanol–water partition coefficient (Wildman–Crippen LogP) is 2.19. The molecule has 30 heavy (non-hydrogen) atoms. The lowest BCUT2D eigenvalue weighted by Crippen LogP contribution is -2.53. The Balaban J connectivity index is 1.36. The van der Waals surface area contributed by atoms with Crippen molar-refractivity contribution in [1.29, 1.82) is 0 Å². The van der Waals surface area contributed by atoms with E-state index in [1.54, 1.807) is 7.11 Å². The monoisotopic (exact) mass is 414 g/mol. The van der Waals surface area contributed by atoms with Gasteiger partial charge in [0.1, 0.15) is 11.3 Å². The van der Waals surface area contributed by atoms with E-state index in [-0.39, 0.29) is 18.4 Å². The van der Waals surface area contributed by atoms with Gasteiger partial charge >= 0.3 is 6.03 Å². The highest BCUT2D eigenvalue weighted by Crippen LogP contribution is 2.36. The van der Waals surface area contributed by atoms with E-state index in [1.165, 1.54) is 0 Å². The fourth-order valence-corrected chi connectivity index (χ4v) is 4.38. The summed E-state index contributed by atoms with van der Waals surface area (Å²) < 4.78 is 5.19. The third kappa shape index (κ3) is 4.28. The number of amides is 4. The van der Waals surface area contributed by atoms with Gasteiger partial charge in [0.15, 0.2) is 0 Å². The number of hydrazine groups is 1. The fourth-order valence-electron chi connectivity index (χ4n) is 4.38. The van der Waals surface area contributed by atoms with Gasteiger partial charge in [0.2, 0.25) is 0 Å². The Bertz CT molecular complexity index is 813. The maximum atomic E-state index is 12.9. The van der Waals surface area contributed by atoms with Crippen molar-refractivity contribution in [3.05, 3.63) is 29.8 Å². The van der Waals surface area contributed by atoms with Crippen molar-refractivity contribution in [2.45, 2.75) is 63.6 Å². The normalized spacial score (nSPS) is 26.2. The van der Waals surface area contributed by atoms with Crippen LogP contribution >= 0.6 is 0 Å². The summed E-state index contributed by atoms with van der Waals surface area (Å²) in [5, 5.41) is 3.72. The highest BCUT2D eigenvalue weighted by molar-refractivity contribution is 6.08. The molecular weight excluding hydrogens is 384 g/mol. The van der Waals surface area contributed by atoms with Gasteiger partial charge in [-0.15, -0.1) is 0 Å². The molecular formula is C22H30N4O4.